The van der Waals surface area contributed by atoms with Gasteiger partial charge in [-0.1, -0.05) is 208 Å². The molecule has 0 rings (SSSR count). The van der Waals surface area contributed by atoms with E-state index in [0.29, 0.717) is 24.1 Å². The number of allylic oxidation sites excluding steroid dienone is 14. The van der Waals surface area contributed by atoms with Crippen LogP contribution in [0.5, 0.6) is 0 Å². The third kappa shape index (κ3) is 50.7. The van der Waals surface area contributed by atoms with Gasteiger partial charge in [-0.25, -0.2) is 0 Å². The van der Waals surface area contributed by atoms with Crippen LogP contribution in [0.1, 0.15) is 200 Å². The molecule has 0 aromatic rings. The summed E-state index contributed by atoms with van der Waals surface area (Å²) in [6.45, 7) is 5.24. The number of carbonyl (C=O) groups excluding carboxylic acids is 1. The van der Waals surface area contributed by atoms with Crippen LogP contribution in [0.2, 0.25) is 0 Å². The highest BCUT2D eigenvalue weighted by atomic mass is 31.2. The molecule has 64 heavy (non-hydrogen) atoms. The van der Waals surface area contributed by atoms with Crippen molar-refractivity contribution in [2.75, 3.05) is 54.1 Å². The third-order valence-electron chi connectivity index (χ3n) is 10.7. The van der Waals surface area contributed by atoms with Crippen molar-refractivity contribution < 1.29 is 37.3 Å². The van der Waals surface area contributed by atoms with E-state index >= 15 is 0 Å². The second-order valence-corrected chi connectivity index (χ2v) is 19.6. The maximum Gasteiger partial charge on any atom is 0.306 e. The summed E-state index contributed by atoms with van der Waals surface area (Å²) in [5.41, 5.74) is 0. The van der Waals surface area contributed by atoms with Gasteiger partial charge in [0, 0.05) is 13.0 Å². The van der Waals surface area contributed by atoms with Crippen molar-refractivity contribution in [1.82, 2.24) is 0 Å². The highest BCUT2D eigenvalue weighted by molar-refractivity contribution is 7.45. The van der Waals surface area contributed by atoms with E-state index in [9.17, 15) is 14.3 Å². The van der Waals surface area contributed by atoms with Crippen molar-refractivity contribution in [3.8, 4) is 0 Å². The van der Waals surface area contributed by atoms with E-state index in [0.717, 1.165) is 96.3 Å². The molecule has 0 spiro atoms. The second kappa shape index (κ2) is 47.2. The van der Waals surface area contributed by atoms with Crippen molar-refractivity contribution in [1.29, 1.82) is 0 Å². The first-order valence-corrected chi connectivity index (χ1v) is 27.3. The Balaban J connectivity index is 4.21. The first kappa shape index (κ1) is 61.7. The Morgan fingerprint density at radius 3 is 1.36 bits per heavy atom. The van der Waals surface area contributed by atoms with Gasteiger partial charge in [-0.3, -0.25) is 9.36 Å². The third-order valence-corrected chi connectivity index (χ3v) is 11.7. The molecule has 8 nitrogen and oxygen atoms in total. The number of likely N-dealkylation sites (N-methyl/N-ethyl adjacent to an activating group) is 1. The largest absolute Gasteiger partial charge is 0.756 e. The predicted molar refractivity (Wildman–Crippen MR) is 272 cm³/mol. The van der Waals surface area contributed by atoms with Crippen LogP contribution in [0.15, 0.2) is 85.1 Å². The molecule has 2 atom stereocenters. The number of hydrogen-bond acceptors (Lipinski definition) is 7. The molecule has 0 heterocycles. The molecule has 0 bridgehead atoms. The molecule has 0 saturated carbocycles. The fraction of sp³-hybridized carbons (Fsp3) is 0.727. The molecule has 0 aromatic heterocycles. The molecule has 370 valence electrons. The first-order valence-electron chi connectivity index (χ1n) is 25.8. The summed E-state index contributed by atoms with van der Waals surface area (Å²) in [5.74, 6) is -0.344. The molecule has 0 N–H and O–H groups in total. The lowest BCUT2D eigenvalue weighted by molar-refractivity contribution is -0.870. The summed E-state index contributed by atoms with van der Waals surface area (Å²) in [7, 11) is 1.33. The Hall–Kier alpha value is -2.32. The highest BCUT2D eigenvalue weighted by Gasteiger charge is 2.20. The molecule has 0 radical (unpaired) electrons. The van der Waals surface area contributed by atoms with E-state index in [1.54, 1.807) is 0 Å². The monoisotopic (exact) mass is 916 g/mol. The van der Waals surface area contributed by atoms with E-state index in [4.69, 9.17) is 18.5 Å². The number of quaternary nitrogens is 1. The summed E-state index contributed by atoms with van der Waals surface area (Å²) < 4.78 is 34.7. The zero-order chi connectivity index (χ0) is 46.9. The maximum absolute atomic E-state index is 12.7. The van der Waals surface area contributed by atoms with Gasteiger partial charge in [0.1, 0.15) is 19.3 Å². The Bertz CT molecular complexity index is 1300. The standard InChI is InChI=1S/C55H98NO7P/c1-6-8-10-12-14-16-18-20-22-24-25-26-27-28-29-30-31-32-33-35-37-39-41-43-45-47-50-60-52-54(53-62-64(58,59)61-51-49-56(3,4)5)63-55(57)48-46-44-42-40-38-36-34-23-21-19-17-15-13-11-9-7-2/h8,10,14,16,20,22,25-26,28-29,31-32,35,37,54H,6-7,9,11-13,15,17-19,21,23-24,27,30,33-34,36,38-53H2,1-5H3/b10-8-,16-14-,22-20-,26-25-,29-28-,32-31-,37-35-. The SMILES string of the molecule is CC/C=C\C/C=C\C/C=C\C/C=C\C/C=C\C/C=C\C/C=C\CCCCCCOCC(COP(=O)([O-])OCC[N+](C)(C)C)OC(=O)CCCCCCCCCCCCCCCCCC. The van der Waals surface area contributed by atoms with Crippen LogP contribution in [0.4, 0.5) is 0 Å². The number of unbranched alkanes of at least 4 members (excludes halogenated alkanes) is 19. The minimum Gasteiger partial charge on any atom is -0.756 e. The van der Waals surface area contributed by atoms with Crippen LogP contribution in [0, 0.1) is 0 Å². The average molecular weight is 916 g/mol. The van der Waals surface area contributed by atoms with Gasteiger partial charge < -0.3 is 27.9 Å². The lowest BCUT2D eigenvalue weighted by Gasteiger charge is -2.28. The van der Waals surface area contributed by atoms with Crippen LogP contribution in [-0.4, -0.2) is 70.7 Å². The Morgan fingerprint density at radius 2 is 0.906 bits per heavy atom. The van der Waals surface area contributed by atoms with Crippen molar-refractivity contribution in [3.05, 3.63) is 85.1 Å². The maximum atomic E-state index is 12.7. The number of hydrogen-bond donors (Lipinski definition) is 0. The average Bonchev–Trinajstić information content (AvgIpc) is 3.25. The van der Waals surface area contributed by atoms with Gasteiger partial charge in [0.25, 0.3) is 7.82 Å². The van der Waals surface area contributed by atoms with E-state index in [1.165, 1.54) is 83.5 Å². The summed E-state index contributed by atoms with van der Waals surface area (Å²) in [4.78, 5) is 25.2. The van der Waals surface area contributed by atoms with Crippen LogP contribution < -0.4 is 4.89 Å². The molecule has 0 amide bonds. The molecule has 0 fully saturated rings. The minimum atomic E-state index is -4.54. The van der Waals surface area contributed by atoms with E-state index in [-0.39, 0.29) is 25.8 Å². The van der Waals surface area contributed by atoms with Gasteiger partial charge in [-0.05, 0) is 70.6 Å². The summed E-state index contributed by atoms with van der Waals surface area (Å²) in [5, 5.41) is 0. The summed E-state index contributed by atoms with van der Waals surface area (Å²) in [6.07, 6.45) is 63.2. The molecule has 0 aliphatic rings. The molecule has 9 heteroatoms. The molecular weight excluding hydrogens is 818 g/mol. The van der Waals surface area contributed by atoms with E-state index < -0.39 is 13.9 Å². The number of phosphoric acid groups is 1. The smallest absolute Gasteiger partial charge is 0.306 e. The van der Waals surface area contributed by atoms with Gasteiger partial charge in [-0.15, -0.1) is 0 Å². The normalized spacial score (nSPS) is 14.3. The van der Waals surface area contributed by atoms with Gasteiger partial charge in [-0.2, -0.15) is 0 Å². The number of esters is 1. The van der Waals surface area contributed by atoms with Crippen molar-refractivity contribution in [2.45, 2.75) is 206 Å². The number of nitrogens with zero attached hydrogens (tertiary/aromatic N) is 1. The zero-order valence-electron chi connectivity index (χ0n) is 42.0. The number of phosphoric ester groups is 1. The lowest BCUT2D eigenvalue weighted by atomic mass is 10.0. The van der Waals surface area contributed by atoms with E-state index in [1.807, 2.05) is 21.1 Å². The van der Waals surface area contributed by atoms with Crippen LogP contribution in [0.25, 0.3) is 0 Å². The van der Waals surface area contributed by atoms with Gasteiger partial charge >= 0.3 is 5.97 Å². The zero-order valence-corrected chi connectivity index (χ0v) is 42.8. The topological polar surface area (TPSA) is 94.1 Å². The fourth-order valence-electron chi connectivity index (χ4n) is 6.76. The molecule has 0 aliphatic carbocycles. The lowest BCUT2D eigenvalue weighted by Crippen LogP contribution is -2.37. The quantitative estimate of drug-likeness (QED) is 0.0197. The first-order chi connectivity index (χ1) is 31.1. The fourth-order valence-corrected chi connectivity index (χ4v) is 7.49. The van der Waals surface area contributed by atoms with Crippen molar-refractivity contribution in [3.63, 3.8) is 0 Å². The Kier molecular flexibility index (Phi) is 45.5. The summed E-state index contributed by atoms with van der Waals surface area (Å²) in [6, 6.07) is 0. The van der Waals surface area contributed by atoms with Gasteiger partial charge in [0.15, 0.2) is 0 Å². The molecule has 0 saturated heterocycles. The minimum absolute atomic E-state index is 0.0176. The molecule has 2 unspecified atom stereocenters. The summed E-state index contributed by atoms with van der Waals surface area (Å²) >= 11 is 0. The number of carbonyl (C=O) groups is 1. The van der Waals surface area contributed by atoms with E-state index in [2.05, 4.69) is 98.9 Å². The van der Waals surface area contributed by atoms with Crippen LogP contribution in [0.3, 0.4) is 0 Å². The molecule has 0 aromatic carbocycles. The predicted octanol–water partition coefficient (Wildman–Crippen LogP) is 15.4. The Morgan fingerprint density at radius 1 is 0.500 bits per heavy atom. The number of ether oxygens (including phenoxy) is 2. The van der Waals surface area contributed by atoms with Crippen molar-refractivity contribution >= 4 is 13.8 Å². The Labute approximate surface area is 395 Å². The highest BCUT2D eigenvalue weighted by Crippen LogP contribution is 2.38. The molecular formula is C55H98NO7P. The van der Waals surface area contributed by atoms with Crippen LogP contribution >= 0.6 is 7.82 Å². The van der Waals surface area contributed by atoms with Crippen LogP contribution in [-0.2, 0) is 27.9 Å². The number of rotatable bonds is 47. The second-order valence-electron chi connectivity index (χ2n) is 18.2. The van der Waals surface area contributed by atoms with Gasteiger partial charge in [0.2, 0.25) is 0 Å². The van der Waals surface area contributed by atoms with Gasteiger partial charge in [0.05, 0.1) is 34.4 Å². The molecule has 0 aliphatic heterocycles. The van der Waals surface area contributed by atoms with Crippen molar-refractivity contribution in [2.24, 2.45) is 0 Å².